The molecule has 1 heterocycles. The van der Waals surface area contributed by atoms with Crippen molar-refractivity contribution in [3.8, 4) is 0 Å². The molecule has 112 valence electrons. The standard InChI is InChI=1S/C14H20F3N3/c1-19-7-8-20(12(9-18)10-19)13(14(15,16)17)11-5-3-2-4-6-11/h2-6,12-13H,7-10,18H2,1H3. The van der Waals surface area contributed by atoms with Gasteiger partial charge in [-0.1, -0.05) is 30.3 Å². The van der Waals surface area contributed by atoms with Gasteiger partial charge >= 0.3 is 6.18 Å². The number of nitrogens with zero attached hydrogens (tertiary/aromatic N) is 2. The predicted octanol–water partition coefficient (Wildman–Crippen LogP) is 1.86. The maximum atomic E-state index is 13.5. The summed E-state index contributed by atoms with van der Waals surface area (Å²) >= 11 is 0. The van der Waals surface area contributed by atoms with E-state index in [4.69, 9.17) is 5.73 Å². The molecule has 1 aromatic carbocycles. The van der Waals surface area contributed by atoms with Crippen molar-refractivity contribution < 1.29 is 13.2 Å². The molecule has 0 saturated carbocycles. The van der Waals surface area contributed by atoms with E-state index >= 15 is 0 Å². The van der Waals surface area contributed by atoms with E-state index in [1.165, 1.54) is 17.0 Å². The van der Waals surface area contributed by atoms with Crippen molar-refractivity contribution in [3.05, 3.63) is 35.9 Å². The molecule has 0 amide bonds. The highest BCUT2D eigenvalue weighted by molar-refractivity contribution is 5.21. The zero-order chi connectivity index (χ0) is 14.8. The number of rotatable bonds is 3. The molecule has 1 aliphatic rings. The average Bonchev–Trinajstić information content (AvgIpc) is 2.40. The van der Waals surface area contributed by atoms with Crippen LogP contribution in [0.3, 0.4) is 0 Å². The summed E-state index contributed by atoms with van der Waals surface area (Å²) in [6.45, 7) is 1.78. The summed E-state index contributed by atoms with van der Waals surface area (Å²) in [6.07, 6.45) is -4.30. The zero-order valence-corrected chi connectivity index (χ0v) is 11.5. The molecule has 3 nitrogen and oxygen atoms in total. The van der Waals surface area contributed by atoms with Crippen LogP contribution in [0.2, 0.25) is 0 Å². The molecule has 0 spiro atoms. The maximum absolute atomic E-state index is 13.5. The molecule has 2 rings (SSSR count). The molecule has 0 bridgehead atoms. The highest BCUT2D eigenvalue weighted by Crippen LogP contribution is 2.39. The topological polar surface area (TPSA) is 32.5 Å². The summed E-state index contributed by atoms with van der Waals surface area (Å²) in [6, 6.07) is 6.21. The van der Waals surface area contributed by atoms with Crippen LogP contribution in [0.1, 0.15) is 11.6 Å². The minimum atomic E-state index is -4.30. The molecule has 0 aliphatic carbocycles. The van der Waals surface area contributed by atoms with E-state index < -0.39 is 12.2 Å². The van der Waals surface area contributed by atoms with Crippen molar-refractivity contribution in [3.63, 3.8) is 0 Å². The van der Waals surface area contributed by atoms with Crippen molar-refractivity contribution in [2.24, 2.45) is 5.73 Å². The second-order valence-corrected chi connectivity index (χ2v) is 5.24. The Balaban J connectivity index is 2.32. The SMILES string of the molecule is CN1CCN(C(c2ccccc2)C(F)(F)F)C(CN)C1. The minimum Gasteiger partial charge on any atom is -0.329 e. The van der Waals surface area contributed by atoms with Gasteiger partial charge in [0.15, 0.2) is 0 Å². The largest absolute Gasteiger partial charge is 0.408 e. The van der Waals surface area contributed by atoms with Gasteiger partial charge in [0.2, 0.25) is 0 Å². The molecule has 1 aromatic rings. The quantitative estimate of drug-likeness (QED) is 0.921. The highest BCUT2D eigenvalue weighted by Gasteiger charge is 2.47. The molecule has 1 fully saturated rings. The molecule has 6 heteroatoms. The lowest BCUT2D eigenvalue weighted by molar-refractivity contribution is -0.197. The summed E-state index contributed by atoms with van der Waals surface area (Å²) in [5.41, 5.74) is 5.96. The first kappa shape index (κ1) is 15.3. The molecular weight excluding hydrogens is 267 g/mol. The molecule has 1 aliphatic heterocycles. The van der Waals surface area contributed by atoms with Crippen molar-refractivity contribution in [2.75, 3.05) is 33.2 Å². The van der Waals surface area contributed by atoms with Crippen molar-refractivity contribution in [1.82, 2.24) is 9.80 Å². The van der Waals surface area contributed by atoms with Crippen LogP contribution < -0.4 is 5.73 Å². The van der Waals surface area contributed by atoms with Crippen LogP contribution in [0.5, 0.6) is 0 Å². The summed E-state index contributed by atoms with van der Waals surface area (Å²) in [4.78, 5) is 3.52. The Bertz CT molecular complexity index is 421. The van der Waals surface area contributed by atoms with Gasteiger partial charge in [0.1, 0.15) is 6.04 Å². The van der Waals surface area contributed by atoms with Crippen LogP contribution in [-0.2, 0) is 0 Å². The van der Waals surface area contributed by atoms with E-state index in [1.807, 2.05) is 11.9 Å². The number of nitrogens with two attached hydrogens (primary N) is 1. The number of hydrogen-bond acceptors (Lipinski definition) is 3. The third-order valence-corrected chi connectivity index (χ3v) is 3.76. The number of halogens is 3. The van der Waals surface area contributed by atoms with Crippen molar-refractivity contribution >= 4 is 0 Å². The third-order valence-electron chi connectivity index (χ3n) is 3.76. The normalized spacial score (nSPS) is 23.8. The second-order valence-electron chi connectivity index (χ2n) is 5.24. The van der Waals surface area contributed by atoms with Crippen LogP contribution in [0.15, 0.2) is 30.3 Å². The summed E-state index contributed by atoms with van der Waals surface area (Å²) in [5, 5.41) is 0. The van der Waals surface area contributed by atoms with Gasteiger partial charge in [0.25, 0.3) is 0 Å². The van der Waals surface area contributed by atoms with Gasteiger partial charge in [-0.25, -0.2) is 0 Å². The zero-order valence-electron chi connectivity index (χ0n) is 11.5. The maximum Gasteiger partial charge on any atom is 0.408 e. The fourth-order valence-electron chi connectivity index (χ4n) is 2.78. The summed E-state index contributed by atoms with van der Waals surface area (Å²) in [7, 11) is 1.91. The fraction of sp³-hybridized carbons (Fsp3) is 0.571. The van der Waals surface area contributed by atoms with Gasteiger partial charge in [-0.3, -0.25) is 4.90 Å². The number of likely N-dealkylation sites (N-methyl/N-ethyl adjacent to an activating group) is 1. The van der Waals surface area contributed by atoms with Crippen molar-refractivity contribution in [2.45, 2.75) is 18.3 Å². The first-order valence-electron chi connectivity index (χ1n) is 6.69. The average molecular weight is 287 g/mol. The Labute approximate surface area is 117 Å². The summed E-state index contributed by atoms with van der Waals surface area (Å²) in [5.74, 6) is 0. The predicted molar refractivity (Wildman–Crippen MR) is 72.3 cm³/mol. The first-order valence-corrected chi connectivity index (χ1v) is 6.69. The van der Waals surface area contributed by atoms with Crippen LogP contribution in [0.25, 0.3) is 0 Å². The number of benzene rings is 1. The minimum absolute atomic E-state index is 0.226. The van der Waals surface area contributed by atoms with Gasteiger partial charge < -0.3 is 10.6 Å². The number of piperazine rings is 1. The van der Waals surface area contributed by atoms with Gasteiger partial charge in [0, 0.05) is 32.2 Å². The lowest BCUT2D eigenvalue weighted by atomic mass is 10.0. The van der Waals surface area contributed by atoms with Crippen molar-refractivity contribution in [1.29, 1.82) is 0 Å². The third kappa shape index (κ3) is 3.31. The van der Waals surface area contributed by atoms with E-state index in [1.54, 1.807) is 18.2 Å². The summed E-state index contributed by atoms with van der Waals surface area (Å²) < 4.78 is 40.5. The lowest BCUT2D eigenvalue weighted by Crippen LogP contribution is -2.58. The molecule has 20 heavy (non-hydrogen) atoms. The van der Waals surface area contributed by atoms with Gasteiger partial charge in [-0.05, 0) is 12.6 Å². The molecule has 2 N–H and O–H groups in total. The van der Waals surface area contributed by atoms with E-state index in [0.717, 1.165) is 0 Å². The lowest BCUT2D eigenvalue weighted by Gasteiger charge is -2.44. The molecule has 0 radical (unpaired) electrons. The van der Waals surface area contributed by atoms with Crippen LogP contribution >= 0.6 is 0 Å². The Morgan fingerprint density at radius 2 is 1.90 bits per heavy atom. The Morgan fingerprint density at radius 3 is 2.45 bits per heavy atom. The van der Waals surface area contributed by atoms with Gasteiger partial charge in [-0.15, -0.1) is 0 Å². The van der Waals surface area contributed by atoms with E-state index in [-0.39, 0.29) is 18.2 Å². The highest BCUT2D eigenvalue weighted by atomic mass is 19.4. The Hall–Kier alpha value is -1.11. The van der Waals surface area contributed by atoms with Crippen LogP contribution in [0.4, 0.5) is 13.2 Å². The number of alkyl halides is 3. The van der Waals surface area contributed by atoms with Gasteiger partial charge in [0.05, 0.1) is 0 Å². The smallest absolute Gasteiger partial charge is 0.329 e. The van der Waals surface area contributed by atoms with E-state index in [9.17, 15) is 13.2 Å². The first-order chi connectivity index (χ1) is 9.43. The monoisotopic (exact) mass is 287 g/mol. The Kier molecular flexibility index (Phi) is 4.67. The number of hydrogen-bond donors (Lipinski definition) is 1. The van der Waals surface area contributed by atoms with Crippen LogP contribution in [-0.4, -0.2) is 55.2 Å². The molecule has 1 saturated heterocycles. The Morgan fingerprint density at radius 1 is 1.25 bits per heavy atom. The van der Waals surface area contributed by atoms with E-state index in [0.29, 0.717) is 19.6 Å². The molecule has 0 aromatic heterocycles. The molecular formula is C14H20F3N3. The molecule has 2 unspecified atom stereocenters. The van der Waals surface area contributed by atoms with Gasteiger partial charge in [-0.2, -0.15) is 13.2 Å². The second kappa shape index (κ2) is 6.11. The van der Waals surface area contributed by atoms with Crippen LogP contribution in [0, 0.1) is 0 Å². The molecule has 2 atom stereocenters. The fourth-order valence-corrected chi connectivity index (χ4v) is 2.78. The van der Waals surface area contributed by atoms with E-state index in [2.05, 4.69) is 0 Å².